The van der Waals surface area contributed by atoms with Gasteiger partial charge in [-0.3, -0.25) is 0 Å². The maximum Gasteiger partial charge on any atom is -0.0235 e. The summed E-state index contributed by atoms with van der Waals surface area (Å²) in [6.07, 6.45) is 5.13. The number of hydrogen-bond acceptors (Lipinski definition) is 0. The van der Waals surface area contributed by atoms with Crippen molar-refractivity contribution in [2.24, 2.45) is 0 Å². The van der Waals surface area contributed by atoms with E-state index < -0.39 is 0 Å². The number of hydrogen-bond donors (Lipinski definition) is 0. The van der Waals surface area contributed by atoms with Gasteiger partial charge in [-0.1, -0.05) is 31.5 Å². The van der Waals surface area contributed by atoms with Crippen molar-refractivity contribution < 1.29 is 0 Å². The molecule has 58 valence electrons. The van der Waals surface area contributed by atoms with E-state index in [1.54, 1.807) is 11.1 Å². The lowest BCUT2D eigenvalue weighted by molar-refractivity contribution is 0.825. The van der Waals surface area contributed by atoms with Gasteiger partial charge in [0.05, 0.1) is 0 Å². The molecule has 0 heteroatoms. The molecule has 0 atom stereocenters. The molecule has 0 N–H and O–H groups in total. The van der Waals surface area contributed by atoms with Gasteiger partial charge in [0, 0.05) is 0 Å². The number of fused-ring (bicyclic) bond motifs is 1. The van der Waals surface area contributed by atoms with Gasteiger partial charge in [-0.15, -0.1) is 0 Å². The Bertz CT molecular complexity index is 261. The van der Waals surface area contributed by atoms with Gasteiger partial charge in [-0.2, -0.15) is 0 Å². The Hall–Kier alpha value is -0.780. The van der Waals surface area contributed by atoms with E-state index in [0.717, 1.165) is 0 Å². The minimum atomic E-state index is 1.24. The summed E-state index contributed by atoms with van der Waals surface area (Å²) in [6, 6.07) is 6.95. The standard InChI is InChI=1S/C11H14/c1-2-3-9-4-5-10-6-7-11(10)8-9/h4-5,8H,2-3,6-7H2,1H3. The molecule has 0 radical (unpaired) electrons. The summed E-state index contributed by atoms with van der Waals surface area (Å²) in [5, 5.41) is 0. The molecule has 11 heavy (non-hydrogen) atoms. The lowest BCUT2D eigenvalue weighted by Gasteiger charge is -2.19. The first kappa shape index (κ1) is 6.90. The molecule has 0 bridgehead atoms. The zero-order valence-corrected chi connectivity index (χ0v) is 7.06. The highest BCUT2D eigenvalue weighted by Gasteiger charge is 2.11. The summed E-state index contributed by atoms with van der Waals surface area (Å²) >= 11 is 0. The van der Waals surface area contributed by atoms with Crippen LogP contribution in [0.3, 0.4) is 0 Å². The molecule has 0 amide bonds. The first-order valence-electron chi connectivity index (χ1n) is 4.51. The summed E-state index contributed by atoms with van der Waals surface area (Å²) in [6.45, 7) is 2.24. The van der Waals surface area contributed by atoms with Crippen molar-refractivity contribution >= 4 is 0 Å². The largest absolute Gasteiger partial charge is 0.0651 e. The van der Waals surface area contributed by atoms with Crippen molar-refractivity contribution in [1.82, 2.24) is 0 Å². The number of benzene rings is 1. The Morgan fingerprint density at radius 2 is 2.00 bits per heavy atom. The third kappa shape index (κ3) is 1.18. The van der Waals surface area contributed by atoms with Crippen LogP contribution in [0.1, 0.15) is 30.0 Å². The van der Waals surface area contributed by atoms with Gasteiger partial charge in [0.1, 0.15) is 0 Å². The SMILES string of the molecule is CCCc1ccc2c(c1)CC2. The maximum atomic E-state index is 2.38. The van der Waals surface area contributed by atoms with Gasteiger partial charge in [0.25, 0.3) is 0 Å². The van der Waals surface area contributed by atoms with Crippen molar-refractivity contribution in [3.05, 3.63) is 34.9 Å². The van der Waals surface area contributed by atoms with E-state index in [0.29, 0.717) is 0 Å². The summed E-state index contributed by atoms with van der Waals surface area (Å²) in [4.78, 5) is 0. The van der Waals surface area contributed by atoms with Crippen LogP contribution in [0, 0.1) is 0 Å². The first-order valence-corrected chi connectivity index (χ1v) is 4.51. The van der Waals surface area contributed by atoms with Crippen molar-refractivity contribution in [3.63, 3.8) is 0 Å². The van der Waals surface area contributed by atoms with Crippen LogP contribution in [0.5, 0.6) is 0 Å². The second-order valence-corrected chi connectivity index (χ2v) is 3.35. The molecule has 1 aliphatic carbocycles. The Labute approximate surface area is 68.3 Å². The van der Waals surface area contributed by atoms with Gasteiger partial charge in [0.15, 0.2) is 0 Å². The van der Waals surface area contributed by atoms with E-state index in [1.165, 1.54) is 31.2 Å². The summed E-state index contributed by atoms with van der Waals surface area (Å²) in [5.74, 6) is 0. The Morgan fingerprint density at radius 3 is 2.55 bits per heavy atom. The molecule has 0 nitrogen and oxygen atoms in total. The Kier molecular flexibility index (Phi) is 1.69. The second kappa shape index (κ2) is 2.69. The molecular weight excluding hydrogens is 132 g/mol. The monoisotopic (exact) mass is 146 g/mol. The molecular formula is C11H14. The van der Waals surface area contributed by atoms with Crippen LogP contribution in [0.2, 0.25) is 0 Å². The van der Waals surface area contributed by atoms with Gasteiger partial charge < -0.3 is 0 Å². The van der Waals surface area contributed by atoms with Crippen LogP contribution in [0.15, 0.2) is 18.2 Å². The second-order valence-electron chi connectivity index (χ2n) is 3.35. The molecule has 0 spiro atoms. The predicted octanol–water partition coefficient (Wildman–Crippen LogP) is 2.74. The fourth-order valence-electron chi connectivity index (χ4n) is 1.69. The van der Waals surface area contributed by atoms with Crippen LogP contribution in [-0.2, 0) is 19.3 Å². The summed E-state index contributed by atoms with van der Waals surface area (Å²) in [7, 11) is 0. The number of rotatable bonds is 2. The van der Waals surface area contributed by atoms with Crippen molar-refractivity contribution in [1.29, 1.82) is 0 Å². The van der Waals surface area contributed by atoms with E-state index in [1.807, 2.05) is 0 Å². The minimum absolute atomic E-state index is 1.24. The average Bonchev–Trinajstić information content (AvgIpc) is 1.96. The zero-order chi connectivity index (χ0) is 7.68. The highest BCUT2D eigenvalue weighted by molar-refractivity contribution is 5.38. The Morgan fingerprint density at radius 1 is 1.18 bits per heavy atom. The van der Waals surface area contributed by atoms with Crippen LogP contribution in [0.4, 0.5) is 0 Å². The van der Waals surface area contributed by atoms with Crippen molar-refractivity contribution in [2.45, 2.75) is 32.6 Å². The fraction of sp³-hybridized carbons (Fsp3) is 0.455. The van der Waals surface area contributed by atoms with E-state index in [4.69, 9.17) is 0 Å². The highest BCUT2D eigenvalue weighted by atomic mass is 14.2. The predicted molar refractivity (Wildman–Crippen MR) is 47.8 cm³/mol. The minimum Gasteiger partial charge on any atom is -0.0651 e. The van der Waals surface area contributed by atoms with Crippen LogP contribution in [-0.4, -0.2) is 0 Å². The van der Waals surface area contributed by atoms with Crippen LogP contribution < -0.4 is 0 Å². The summed E-state index contributed by atoms with van der Waals surface area (Å²) in [5.41, 5.74) is 4.69. The molecule has 1 aromatic carbocycles. The fourth-order valence-corrected chi connectivity index (χ4v) is 1.69. The quantitative estimate of drug-likeness (QED) is 0.602. The molecule has 2 rings (SSSR count). The molecule has 0 saturated carbocycles. The molecule has 0 unspecified atom stereocenters. The molecule has 0 heterocycles. The lowest BCUT2D eigenvalue weighted by Crippen LogP contribution is -2.08. The smallest absolute Gasteiger partial charge is 0.0235 e. The van der Waals surface area contributed by atoms with Gasteiger partial charge in [-0.25, -0.2) is 0 Å². The van der Waals surface area contributed by atoms with E-state index in [-0.39, 0.29) is 0 Å². The lowest BCUT2D eigenvalue weighted by atomic mass is 9.87. The van der Waals surface area contributed by atoms with Gasteiger partial charge in [0.2, 0.25) is 0 Å². The van der Waals surface area contributed by atoms with E-state index in [9.17, 15) is 0 Å². The molecule has 1 aromatic rings. The molecule has 0 fully saturated rings. The zero-order valence-electron chi connectivity index (χ0n) is 7.06. The molecule has 1 aliphatic rings. The van der Waals surface area contributed by atoms with Crippen molar-refractivity contribution in [2.75, 3.05) is 0 Å². The van der Waals surface area contributed by atoms with E-state index in [2.05, 4.69) is 25.1 Å². The average molecular weight is 146 g/mol. The first-order chi connectivity index (χ1) is 5.40. The topological polar surface area (TPSA) is 0 Å². The van der Waals surface area contributed by atoms with Crippen LogP contribution >= 0.6 is 0 Å². The van der Waals surface area contributed by atoms with Gasteiger partial charge >= 0.3 is 0 Å². The molecule has 0 aromatic heterocycles. The molecule has 0 saturated heterocycles. The van der Waals surface area contributed by atoms with Crippen molar-refractivity contribution in [3.8, 4) is 0 Å². The normalized spacial score (nSPS) is 13.9. The maximum absolute atomic E-state index is 2.38. The third-order valence-corrected chi connectivity index (χ3v) is 2.47. The summed E-state index contributed by atoms with van der Waals surface area (Å²) < 4.78 is 0. The Balaban J connectivity index is 2.24. The van der Waals surface area contributed by atoms with Gasteiger partial charge in [-0.05, 0) is 36.0 Å². The van der Waals surface area contributed by atoms with E-state index >= 15 is 0 Å². The molecule has 0 aliphatic heterocycles. The third-order valence-electron chi connectivity index (χ3n) is 2.47. The van der Waals surface area contributed by atoms with Crippen LogP contribution in [0.25, 0.3) is 0 Å². The highest BCUT2D eigenvalue weighted by Crippen LogP contribution is 2.23. The number of aryl methyl sites for hydroxylation is 3.